The highest BCUT2D eigenvalue weighted by atomic mass is 16.7. The summed E-state index contributed by atoms with van der Waals surface area (Å²) in [4.78, 5) is 8.43. The zero-order valence-electron chi connectivity index (χ0n) is 11.0. The Morgan fingerprint density at radius 2 is 1.95 bits per heavy atom. The van der Waals surface area contributed by atoms with Gasteiger partial charge in [0.25, 0.3) is 0 Å². The molecule has 7 nitrogen and oxygen atoms in total. The molecule has 0 spiro atoms. The van der Waals surface area contributed by atoms with E-state index in [-0.39, 0.29) is 6.79 Å². The molecule has 104 valence electrons. The van der Waals surface area contributed by atoms with Crippen LogP contribution < -0.4 is 26.1 Å². The van der Waals surface area contributed by atoms with Crippen LogP contribution in [0.3, 0.4) is 0 Å². The van der Waals surface area contributed by atoms with E-state index in [1.807, 2.05) is 25.1 Å². The molecular weight excluding hydrogens is 258 g/mol. The lowest BCUT2D eigenvalue weighted by molar-refractivity contribution is 0.174. The maximum absolute atomic E-state index is 5.36. The molecule has 0 aliphatic carbocycles. The first kappa shape index (κ1) is 12.5. The highest BCUT2D eigenvalue weighted by Crippen LogP contribution is 2.32. The number of nitrogens with zero attached hydrogens (tertiary/aromatic N) is 2. The molecule has 0 bridgehead atoms. The van der Waals surface area contributed by atoms with Crippen LogP contribution in [0.1, 0.15) is 11.4 Å². The van der Waals surface area contributed by atoms with Gasteiger partial charge in [-0.3, -0.25) is 0 Å². The maximum atomic E-state index is 5.36. The van der Waals surface area contributed by atoms with E-state index in [4.69, 9.17) is 15.3 Å². The second kappa shape index (κ2) is 5.22. The first-order chi connectivity index (χ1) is 9.74. The fourth-order valence-corrected chi connectivity index (χ4v) is 1.98. The minimum atomic E-state index is 0.281. The van der Waals surface area contributed by atoms with Crippen molar-refractivity contribution in [2.75, 3.05) is 17.5 Å². The van der Waals surface area contributed by atoms with Gasteiger partial charge in [0.05, 0.1) is 0 Å². The molecule has 1 aromatic carbocycles. The van der Waals surface area contributed by atoms with Crippen LogP contribution in [0.15, 0.2) is 24.3 Å². The summed E-state index contributed by atoms with van der Waals surface area (Å²) in [6.45, 7) is 2.71. The van der Waals surface area contributed by atoms with Crippen molar-refractivity contribution in [1.29, 1.82) is 0 Å². The Balaban J connectivity index is 1.71. The van der Waals surface area contributed by atoms with Crippen molar-refractivity contribution >= 4 is 11.6 Å². The SMILES string of the molecule is Cc1nc(NN)cc(NCc2ccc3c(c2)OCO3)n1. The highest BCUT2D eigenvalue weighted by molar-refractivity contribution is 5.48. The molecule has 0 radical (unpaired) electrons. The molecule has 0 saturated heterocycles. The number of nitrogens with one attached hydrogen (secondary N) is 2. The standard InChI is InChI=1S/C13H15N5O2/c1-8-16-12(5-13(17-8)18-14)15-6-9-2-3-10-11(4-9)20-7-19-10/h2-5H,6-7,14H2,1H3,(H2,15,16,17,18). The Kier molecular flexibility index (Phi) is 3.26. The second-order valence-corrected chi connectivity index (χ2v) is 4.37. The molecule has 2 aromatic rings. The number of aromatic nitrogens is 2. The fraction of sp³-hybridized carbons (Fsp3) is 0.231. The minimum absolute atomic E-state index is 0.281. The van der Waals surface area contributed by atoms with Gasteiger partial charge in [0, 0.05) is 12.6 Å². The summed E-state index contributed by atoms with van der Waals surface area (Å²) >= 11 is 0. The zero-order chi connectivity index (χ0) is 13.9. The van der Waals surface area contributed by atoms with Crippen LogP contribution in [0, 0.1) is 6.92 Å². The number of aryl methyl sites for hydroxylation is 1. The smallest absolute Gasteiger partial charge is 0.231 e. The van der Waals surface area contributed by atoms with Gasteiger partial charge in [-0.2, -0.15) is 0 Å². The van der Waals surface area contributed by atoms with E-state index >= 15 is 0 Å². The van der Waals surface area contributed by atoms with E-state index < -0.39 is 0 Å². The summed E-state index contributed by atoms with van der Waals surface area (Å²) < 4.78 is 10.6. The van der Waals surface area contributed by atoms with Crippen LogP contribution in [0.4, 0.5) is 11.6 Å². The number of rotatable bonds is 4. The minimum Gasteiger partial charge on any atom is -0.454 e. The third-order valence-electron chi connectivity index (χ3n) is 2.90. The van der Waals surface area contributed by atoms with E-state index in [9.17, 15) is 0 Å². The number of ether oxygens (including phenoxy) is 2. The van der Waals surface area contributed by atoms with Crippen molar-refractivity contribution in [3.63, 3.8) is 0 Å². The zero-order valence-corrected chi connectivity index (χ0v) is 11.0. The second-order valence-electron chi connectivity index (χ2n) is 4.37. The summed E-state index contributed by atoms with van der Waals surface area (Å²) in [5.74, 6) is 8.84. The van der Waals surface area contributed by atoms with Gasteiger partial charge < -0.3 is 20.2 Å². The van der Waals surface area contributed by atoms with Crippen molar-refractivity contribution in [1.82, 2.24) is 9.97 Å². The largest absolute Gasteiger partial charge is 0.454 e. The number of hydrogen-bond donors (Lipinski definition) is 3. The molecule has 7 heteroatoms. The first-order valence-electron chi connectivity index (χ1n) is 6.19. The maximum Gasteiger partial charge on any atom is 0.231 e. The molecule has 0 saturated carbocycles. The summed E-state index contributed by atoms with van der Waals surface area (Å²) in [7, 11) is 0. The van der Waals surface area contributed by atoms with Crippen molar-refractivity contribution in [2.45, 2.75) is 13.5 Å². The normalized spacial score (nSPS) is 12.3. The van der Waals surface area contributed by atoms with Crippen molar-refractivity contribution in [3.8, 4) is 11.5 Å². The van der Waals surface area contributed by atoms with E-state index in [0.717, 1.165) is 17.1 Å². The lowest BCUT2D eigenvalue weighted by Gasteiger charge is -2.08. The summed E-state index contributed by atoms with van der Waals surface area (Å²) in [6, 6.07) is 7.58. The summed E-state index contributed by atoms with van der Waals surface area (Å²) in [5, 5.41) is 3.22. The Hall–Kier alpha value is -2.54. The number of hydrogen-bond acceptors (Lipinski definition) is 7. The molecule has 0 amide bonds. The predicted octanol–water partition coefficient (Wildman–Crippen LogP) is 1.41. The number of nitrogens with two attached hydrogens (primary N) is 1. The Bertz CT molecular complexity index is 632. The van der Waals surface area contributed by atoms with Gasteiger partial charge in [-0.15, -0.1) is 0 Å². The van der Waals surface area contributed by atoms with E-state index in [1.54, 1.807) is 6.07 Å². The van der Waals surface area contributed by atoms with Crippen LogP contribution in [0.5, 0.6) is 11.5 Å². The molecule has 0 atom stereocenters. The number of hydrazine groups is 1. The number of fused-ring (bicyclic) bond motifs is 1. The molecule has 0 unspecified atom stereocenters. The van der Waals surface area contributed by atoms with Gasteiger partial charge in [-0.25, -0.2) is 15.8 Å². The van der Waals surface area contributed by atoms with Crippen molar-refractivity contribution in [2.24, 2.45) is 5.84 Å². The number of nitrogen functional groups attached to an aromatic ring is 1. The Labute approximate surface area is 116 Å². The average molecular weight is 273 g/mol. The first-order valence-corrected chi connectivity index (χ1v) is 6.19. The van der Waals surface area contributed by atoms with Crippen LogP contribution in [-0.2, 0) is 6.54 Å². The number of benzene rings is 1. The molecule has 1 aromatic heterocycles. The van der Waals surface area contributed by atoms with Gasteiger partial charge in [-0.1, -0.05) is 6.07 Å². The highest BCUT2D eigenvalue weighted by Gasteiger charge is 2.13. The summed E-state index contributed by atoms with van der Waals surface area (Å²) in [6.07, 6.45) is 0. The molecule has 20 heavy (non-hydrogen) atoms. The topological polar surface area (TPSA) is 94.3 Å². The van der Waals surface area contributed by atoms with Gasteiger partial charge >= 0.3 is 0 Å². The van der Waals surface area contributed by atoms with Crippen molar-refractivity contribution < 1.29 is 9.47 Å². The Morgan fingerprint density at radius 3 is 2.80 bits per heavy atom. The molecule has 4 N–H and O–H groups in total. The van der Waals surface area contributed by atoms with Crippen molar-refractivity contribution in [3.05, 3.63) is 35.7 Å². The molecule has 3 rings (SSSR count). The molecule has 0 fully saturated rings. The van der Waals surface area contributed by atoms with Gasteiger partial charge in [0.1, 0.15) is 17.5 Å². The molecule has 1 aliphatic heterocycles. The summed E-state index contributed by atoms with van der Waals surface area (Å²) in [5.41, 5.74) is 3.59. The van der Waals surface area contributed by atoms with Gasteiger partial charge in [0.15, 0.2) is 11.5 Å². The third kappa shape index (κ3) is 2.57. The molecule has 2 heterocycles. The van der Waals surface area contributed by atoms with Crippen LogP contribution in [0.2, 0.25) is 0 Å². The van der Waals surface area contributed by atoms with E-state index in [1.165, 1.54) is 0 Å². The van der Waals surface area contributed by atoms with Gasteiger partial charge in [-0.05, 0) is 24.6 Å². The quantitative estimate of drug-likeness (QED) is 0.572. The van der Waals surface area contributed by atoms with Crippen LogP contribution in [0.25, 0.3) is 0 Å². The lowest BCUT2D eigenvalue weighted by atomic mass is 10.2. The Morgan fingerprint density at radius 1 is 1.15 bits per heavy atom. The van der Waals surface area contributed by atoms with Gasteiger partial charge in [0.2, 0.25) is 6.79 Å². The lowest BCUT2D eigenvalue weighted by Crippen LogP contribution is -2.11. The van der Waals surface area contributed by atoms with Crippen LogP contribution in [-0.4, -0.2) is 16.8 Å². The average Bonchev–Trinajstić information content (AvgIpc) is 2.92. The molecule has 1 aliphatic rings. The van der Waals surface area contributed by atoms with Crippen LogP contribution >= 0.6 is 0 Å². The van der Waals surface area contributed by atoms with E-state index in [0.29, 0.717) is 24.0 Å². The molecular formula is C13H15N5O2. The monoisotopic (exact) mass is 273 g/mol. The number of anilines is 2. The third-order valence-corrected chi connectivity index (χ3v) is 2.90. The predicted molar refractivity (Wildman–Crippen MR) is 74.5 cm³/mol. The fourth-order valence-electron chi connectivity index (χ4n) is 1.98. The van der Waals surface area contributed by atoms with E-state index in [2.05, 4.69) is 20.7 Å².